The predicted molar refractivity (Wildman–Crippen MR) is 87.2 cm³/mol. The second-order valence-corrected chi connectivity index (χ2v) is 6.60. The van der Waals surface area contributed by atoms with Gasteiger partial charge in [0.05, 0.1) is 18.5 Å². The molecule has 0 aromatic carbocycles. The van der Waals surface area contributed by atoms with E-state index in [0.29, 0.717) is 18.8 Å². The molecule has 2 aliphatic rings. The van der Waals surface area contributed by atoms with Crippen LogP contribution < -0.4 is 0 Å². The molecule has 0 N–H and O–H groups in total. The maximum absolute atomic E-state index is 12.6. The first-order valence-electron chi connectivity index (χ1n) is 8.77. The zero-order chi connectivity index (χ0) is 16.4. The van der Waals surface area contributed by atoms with Crippen LogP contribution in [0.5, 0.6) is 0 Å². The monoisotopic (exact) mass is 329 g/mol. The van der Waals surface area contributed by atoms with Crippen LogP contribution in [0.4, 0.5) is 0 Å². The predicted octanol–water partition coefficient (Wildman–Crippen LogP) is 1.90. The number of carbonyl (C=O) groups excluding carboxylic acids is 1. The Balaban J connectivity index is 1.52. The van der Waals surface area contributed by atoms with Crippen molar-refractivity contribution in [3.8, 4) is 0 Å². The number of furan rings is 1. The summed E-state index contributed by atoms with van der Waals surface area (Å²) >= 11 is 0. The van der Waals surface area contributed by atoms with Crippen molar-refractivity contribution in [3.05, 3.63) is 35.5 Å². The van der Waals surface area contributed by atoms with Crippen molar-refractivity contribution in [2.24, 2.45) is 0 Å². The molecule has 7 nitrogen and oxygen atoms in total. The van der Waals surface area contributed by atoms with Gasteiger partial charge in [0.2, 0.25) is 0 Å². The van der Waals surface area contributed by atoms with E-state index in [2.05, 4.69) is 15.2 Å². The molecule has 0 unspecified atom stereocenters. The van der Waals surface area contributed by atoms with E-state index in [1.807, 2.05) is 9.58 Å². The standard InChI is InChI=1S/C17H23N5O2/c23-17(16-6-4-11-24-16)21-9-5-10-22-15(13-21)14(18-19-22)12-20-7-2-1-3-8-20/h4,6,11H,1-3,5,7-10,12-13H2. The van der Waals surface area contributed by atoms with Gasteiger partial charge in [0.25, 0.3) is 5.91 Å². The number of carbonyl (C=O) groups is 1. The van der Waals surface area contributed by atoms with Gasteiger partial charge in [-0.1, -0.05) is 11.6 Å². The van der Waals surface area contributed by atoms with Gasteiger partial charge in [-0.05, 0) is 44.5 Å². The Hall–Kier alpha value is -2.15. The first kappa shape index (κ1) is 15.4. The Morgan fingerprint density at radius 1 is 1.12 bits per heavy atom. The number of likely N-dealkylation sites (tertiary alicyclic amines) is 1. The summed E-state index contributed by atoms with van der Waals surface area (Å²) in [6.45, 7) is 5.16. The lowest BCUT2D eigenvalue weighted by Crippen LogP contribution is -2.32. The molecule has 0 spiro atoms. The number of hydrogen-bond acceptors (Lipinski definition) is 5. The summed E-state index contributed by atoms with van der Waals surface area (Å²) in [6.07, 6.45) is 6.26. The minimum atomic E-state index is -0.0569. The molecule has 4 heterocycles. The molecule has 0 saturated carbocycles. The van der Waals surface area contributed by atoms with Gasteiger partial charge in [-0.15, -0.1) is 5.10 Å². The summed E-state index contributed by atoms with van der Waals surface area (Å²) in [5.74, 6) is 0.340. The minimum absolute atomic E-state index is 0.0569. The molecule has 0 atom stereocenters. The topological polar surface area (TPSA) is 67.4 Å². The molecule has 1 amide bonds. The quantitative estimate of drug-likeness (QED) is 0.860. The highest BCUT2D eigenvalue weighted by molar-refractivity contribution is 5.91. The first-order chi connectivity index (χ1) is 11.8. The third-order valence-corrected chi connectivity index (χ3v) is 4.90. The summed E-state index contributed by atoms with van der Waals surface area (Å²) in [5.41, 5.74) is 2.08. The molecule has 7 heteroatoms. The molecule has 2 aromatic heterocycles. The van der Waals surface area contributed by atoms with Crippen molar-refractivity contribution < 1.29 is 9.21 Å². The number of amides is 1. The Morgan fingerprint density at radius 2 is 2.00 bits per heavy atom. The summed E-state index contributed by atoms with van der Waals surface area (Å²) in [7, 11) is 0. The number of fused-ring (bicyclic) bond motifs is 1. The normalized spacial score (nSPS) is 19.1. The van der Waals surface area contributed by atoms with E-state index in [4.69, 9.17) is 4.42 Å². The van der Waals surface area contributed by atoms with E-state index in [0.717, 1.165) is 44.0 Å². The van der Waals surface area contributed by atoms with E-state index in [9.17, 15) is 4.79 Å². The second kappa shape index (κ2) is 6.76. The van der Waals surface area contributed by atoms with Gasteiger partial charge in [-0.3, -0.25) is 9.69 Å². The number of hydrogen-bond donors (Lipinski definition) is 0. The van der Waals surface area contributed by atoms with Gasteiger partial charge in [0.1, 0.15) is 5.69 Å². The van der Waals surface area contributed by atoms with Crippen molar-refractivity contribution in [1.29, 1.82) is 0 Å². The molecule has 0 aliphatic carbocycles. The van der Waals surface area contributed by atoms with Crippen LogP contribution in [0, 0.1) is 0 Å². The molecule has 128 valence electrons. The average Bonchev–Trinajstić information content (AvgIpc) is 3.21. The van der Waals surface area contributed by atoms with Crippen LogP contribution in [0.25, 0.3) is 0 Å². The third kappa shape index (κ3) is 3.08. The first-order valence-corrected chi connectivity index (χ1v) is 8.77. The van der Waals surface area contributed by atoms with Crippen LogP contribution >= 0.6 is 0 Å². The van der Waals surface area contributed by atoms with E-state index < -0.39 is 0 Å². The highest BCUT2D eigenvalue weighted by Gasteiger charge is 2.26. The fraction of sp³-hybridized carbons (Fsp3) is 0.588. The lowest BCUT2D eigenvalue weighted by atomic mass is 10.1. The molecule has 0 bridgehead atoms. The average molecular weight is 329 g/mol. The Labute approximate surface area is 141 Å². The van der Waals surface area contributed by atoms with Crippen molar-refractivity contribution in [1.82, 2.24) is 24.8 Å². The van der Waals surface area contributed by atoms with E-state index in [1.54, 1.807) is 18.4 Å². The zero-order valence-electron chi connectivity index (χ0n) is 13.9. The molecular weight excluding hydrogens is 306 g/mol. The molecule has 24 heavy (non-hydrogen) atoms. The van der Waals surface area contributed by atoms with Gasteiger partial charge >= 0.3 is 0 Å². The summed E-state index contributed by atoms with van der Waals surface area (Å²) in [5, 5.41) is 8.72. The maximum atomic E-state index is 12.6. The van der Waals surface area contributed by atoms with E-state index in [1.165, 1.54) is 19.3 Å². The lowest BCUT2D eigenvalue weighted by molar-refractivity contribution is 0.0712. The van der Waals surface area contributed by atoms with Crippen LogP contribution in [0.15, 0.2) is 22.8 Å². The van der Waals surface area contributed by atoms with Crippen molar-refractivity contribution in [3.63, 3.8) is 0 Å². The lowest BCUT2D eigenvalue weighted by Gasteiger charge is -2.26. The fourth-order valence-corrected chi connectivity index (χ4v) is 3.57. The Kier molecular flexibility index (Phi) is 4.34. The summed E-state index contributed by atoms with van der Waals surface area (Å²) in [4.78, 5) is 16.9. The molecule has 2 aliphatic heterocycles. The van der Waals surface area contributed by atoms with E-state index in [-0.39, 0.29) is 5.91 Å². The number of rotatable bonds is 3. The Bertz CT molecular complexity index is 688. The maximum Gasteiger partial charge on any atom is 0.289 e. The van der Waals surface area contributed by atoms with Crippen LogP contribution in [0.2, 0.25) is 0 Å². The van der Waals surface area contributed by atoms with Crippen LogP contribution in [-0.2, 0) is 19.6 Å². The van der Waals surface area contributed by atoms with Crippen LogP contribution in [0.3, 0.4) is 0 Å². The molecule has 2 aromatic rings. The van der Waals surface area contributed by atoms with Crippen LogP contribution in [-0.4, -0.2) is 50.3 Å². The summed E-state index contributed by atoms with van der Waals surface area (Å²) in [6, 6.07) is 3.47. The van der Waals surface area contributed by atoms with Gasteiger partial charge in [0, 0.05) is 19.6 Å². The molecule has 0 radical (unpaired) electrons. The molecule has 1 saturated heterocycles. The largest absolute Gasteiger partial charge is 0.459 e. The molecular formula is C17H23N5O2. The van der Waals surface area contributed by atoms with Crippen molar-refractivity contribution in [2.45, 2.75) is 45.3 Å². The number of piperidine rings is 1. The number of aromatic nitrogens is 3. The fourth-order valence-electron chi connectivity index (χ4n) is 3.57. The van der Waals surface area contributed by atoms with E-state index >= 15 is 0 Å². The Morgan fingerprint density at radius 3 is 2.79 bits per heavy atom. The summed E-state index contributed by atoms with van der Waals surface area (Å²) < 4.78 is 7.24. The van der Waals surface area contributed by atoms with Crippen LogP contribution in [0.1, 0.15) is 47.6 Å². The van der Waals surface area contributed by atoms with Gasteiger partial charge in [-0.2, -0.15) is 0 Å². The van der Waals surface area contributed by atoms with Gasteiger partial charge < -0.3 is 9.32 Å². The number of nitrogens with zero attached hydrogens (tertiary/aromatic N) is 5. The number of aryl methyl sites for hydroxylation is 1. The van der Waals surface area contributed by atoms with Crippen molar-refractivity contribution in [2.75, 3.05) is 19.6 Å². The van der Waals surface area contributed by atoms with Gasteiger partial charge in [-0.25, -0.2) is 4.68 Å². The highest BCUT2D eigenvalue weighted by Crippen LogP contribution is 2.20. The molecule has 1 fully saturated rings. The SMILES string of the molecule is O=C(c1ccco1)N1CCCn2nnc(CN3CCCCC3)c2C1. The highest BCUT2D eigenvalue weighted by atomic mass is 16.3. The molecule has 4 rings (SSSR count). The smallest absolute Gasteiger partial charge is 0.289 e. The third-order valence-electron chi connectivity index (χ3n) is 4.90. The minimum Gasteiger partial charge on any atom is -0.459 e. The zero-order valence-corrected chi connectivity index (χ0v) is 13.9. The second-order valence-electron chi connectivity index (χ2n) is 6.60. The van der Waals surface area contributed by atoms with Crippen molar-refractivity contribution >= 4 is 5.91 Å². The van der Waals surface area contributed by atoms with Gasteiger partial charge in [0.15, 0.2) is 5.76 Å².